The Hall–Kier alpha value is -1.30. The number of aromatic carboxylic acids is 1. The van der Waals surface area contributed by atoms with Crippen LogP contribution in [0, 0.1) is 5.92 Å². The van der Waals surface area contributed by atoms with Crippen molar-refractivity contribution in [2.75, 3.05) is 11.5 Å². The molecule has 0 amide bonds. The molecule has 0 atom stereocenters. The average molecular weight is 254 g/mol. The van der Waals surface area contributed by atoms with Gasteiger partial charge in [-0.05, 0) is 30.3 Å². The lowest BCUT2D eigenvalue weighted by Crippen LogP contribution is -2.23. The molecule has 1 aliphatic rings. The van der Waals surface area contributed by atoms with Crippen molar-refractivity contribution in [3.63, 3.8) is 0 Å². The van der Waals surface area contributed by atoms with E-state index in [1.54, 1.807) is 4.57 Å². The molecule has 5 nitrogen and oxygen atoms in total. The van der Waals surface area contributed by atoms with Gasteiger partial charge < -0.3 is 9.67 Å². The number of hydrogen-bond donors (Lipinski definition) is 1. The van der Waals surface area contributed by atoms with Gasteiger partial charge in [-0.15, -0.1) is 0 Å². The molecule has 1 aromatic heterocycles. The van der Waals surface area contributed by atoms with Crippen LogP contribution in [0.15, 0.2) is 17.3 Å². The van der Waals surface area contributed by atoms with E-state index >= 15 is 0 Å². The number of rotatable bonds is 3. The van der Waals surface area contributed by atoms with Crippen LogP contribution in [0.2, 0.25) is 0 Å². The Bertz CT molecular complexity index is 466. The van der Waals surface area contributed by atoms with E-state index in [4.69, 9.17) is 5.11 Å². The molecule has 2 rings (SSSR count). The highest BCUT2D eigenvalue weighted by atomic mass is 32.2. The normalized spacial score (nSPS) is 16.9. The molecule has 0 unspecified atom stereocenters. The van der Waals surface area contributed by atoms with E-state index in [1.165, 1.54) is 12.5 Å². The number of hydrogen-bond acceptors (Lipinski definition) is 4. The van der Waals surface area contributed by atoms with Gasteiger partial charge in [-0.3, -0.25) is 4.79 Å². The summed E-state index contributed by atoms with van der Waals surface area (Å²) in [5.74, 6) is 1.66. The minimum absolute atomic E-state index is 0.252. The second-order valence-corrected chi connectivity index (χ2v) is 5.37. The Morgan fingerprint density at radius 2 is 2.24 bits per heavy atom. The fourth-order valence-corrected chi connectivity index (χ4v) is 3.13. The third-order valence-corrected chi connectivity index (χ3v) is 3.94. The highest BCUT2D eigenvalue weighted by Crippen LogP contribution is 2.23. The van der Waals surface area contributed by atoms with E-state index in [-0.39, 0.29) is 5.56 Å². The molecule has 1 N–H and O–H groups in total. The highest BCUT2D eigenvalue weighted by Gasteiger charge is 2.15. The standard InChI is InChI=1S/C11H14N2O3S/c14-10-9(11(15)16)6-13(7-12-10)5-8-1-3-17-4-2-8/h6-8H,1-5H2,(H,15,16). The van der Waals surface area contributed by atoms with Crippen molar-refractivity contribution < 1.29 is 9.90 Å². The topological polar surface area (TPSA) is 72.2 Å². The van der Waals surface area contributed by atoms with Gasteiger partial charge in [0, 0.05) is 12.7 Å². The molecule has 2 heterocycles. The third kappa shape index (κ3) is 3.09. The Morgan fingerprint density at radius 1 is 1.53 bits per heavy atom. The van der Waals surface area contributed by atoms with Crippen LogP contribution in [-0.4, -0.2) is 32.1 Å². The van der Waals surface area contributed by atoms with Gasteiger partial charge in [0.1, 0.15) is 5.56 Å². The maximum atomic E-state index is 11.2. The first-order chi connectivity index (χ1) is 8.16. The average Bonchev–Trinajstić information content (AvgIpc) is 2.32. The fourth-order valence-electron chi connectivity index (χ4n) is 1.92. The van der Waals surface area contributed by atoms with E-state index in [0.717, 1.165) is 30.9 Å². The third-order valence-electron chi connectivity index (χ3n) is 2.89. The Balaban J connectivity index is 2.13. The molecule has 92 valence electrons. The monoisotopic (exact) mass is 254 g/mol. The smallest absolute Gasteiger partial charge is 0.342 e. The zero-order valence-corrected chi connectivity index (χ0v) is 10.2. The summed E-state index contributed by atoms with van der Waals surface area (Å²) in [6.07, 6.45) is 5.09. The molecule has 0 radical (unpaired) electrons. The van der Waals surface area contributed by atoms with Gasteiger partial charge >= 0.3 is 5.97 Å². The molecule has 17 heavy (non-hydrogen) atoms. The zero-order valence-electron chi connectivity index (χ0n) is 9.33. The number of carboxylic acid groups (broad SMARTS) is 1. The molecular weight excluding hydrogens is 240 g/mol. The van der Waals surface area contributed by atoms with Gasteiger partial charge in [-0.1, -0.05) is 0 Å². The van der Waals surface area contributed by atoms with Crippen LogP contribution < -0.4 is 5.56 Å². The highest BCUT2D eigenvalue weighted by molar-refractivity contribution is 7.99. The summed E-state index contributed by atoms with van der Waals surface area (Å²) < 4.78 is 1.71. The number of aromatic nitrogens is 2. The summed E-state index contributed by atoms with van der Waals surface area (Å²) in [4.78, 5) is 25.6. The Morgan fingerprint density at radius 3 is 2.88 bits per heavy atom. The van der Waals surface area contributed by atoms with Crippen LogP contribution in [0.5, 0.6) is 0 Å². The van der Waals surface area contributed by atoms with Crippen molar-refractivity contribution in [3.8, 4) is 0 Å². The molecule has 0 bridgehead atoms. The number of thioether (sulfide) groups is 1. The summed E-state index contributed by atoms with van der Waals surface area (Å²) in [7, 11) is 0. The van der Waals surface area contributed by atoms with Crippen molar-refractivity contribution in [2.45, 2.75) is 19.4 Å². The second kappa shape index (κ2) is 5.35. The lowest BCUT2D eigenvalue weighted by Gasteiger charge is -2.22. The van der Waals surface area contributed by atoms with Gasteiger partial charge in [0.2, 0.25) is 0 Å². The fraction of sp³-hybridized carbons (Fsp3) is 0.545. The summed E-state index contributed by atoms with van der Waals surface area (Å²) in [6, 6.07) is 0. The predicted molar refractivity (Wildman–Crippen MR) is 65.5 cm³/mol. The Labute approximate surface area is 103 Å². The first kappa shape index (κ1) is 12.2. The maximum Gasteiger partial charge on any atom is 0.342 e. The van der Waals surface area contributed by atoms with Crippen molar-refractivity contribution in [1.29, 1.82) is 0 Å². The van der Waals surface area contributed by atoms with Crippen molar-refractivity contribution in [3.05, 3.63) is 28.4 Å². The van der Waals surface area contributed by atoms with E-state index in [9.17, 15) is 9.59 Å². The molecule has 0 spiro atoms. The van der Waals surface area contributed by atoms with Gasteiger partial charge in [-0.25, -0.2) is 4.79 Å². The number of nitrogens with zero attached hydrogens (tertiary/aromatic N) is 2. The summed E-state index contributed by atoms with van der Waals surface area (Å²) in [6.45, 7) is 0.744. The molecule has 0 aliphatic carbocycles. The maximum absolute atomic E-state index is 11.2. The van der Waals surface area contributed by atoms with E-state index in [1.807, 2.05) is 11.8 Å². The van der Waals surface area contributed by atoms with E-state index in [2.05, 4.69) is 4.98 Å². The first-order valence-corrected chi connectivity index (χ1v) is 6.69. The molecule has 0 aromatic carbocycles. The van der Waals surface area contributed by atoms with Crippen molar-refractivity contribution >= 4 is 17.7 Å². The lowest BCUT2D eigenvalue weighted by molar-refractivity contribution is 0.0693. The zero-order chi connectivity index (χ0) is 12.3. The van der Waals surface area contributed by atoms with Gasteiger partial charge in [0.05, 0.1) is 6.33 Å². The number of carboxylic acids is 1. The van der Waals surface area contributed by atoms with Crippen LogP contribution in [0.25, 0.3) is 0 Å². The van der Waals surface area contributed by atoms with E-state index in [0.29, 0.717) is 5.92 Å². The quantitative estimate of drug-likeness (QED) is 0.874. The lowest BCUT2D eigenvalue weighted by atomic mass is 10.0. The largest absolute Gasteiger partial charge is 0.477 e. The van der Waals surface area contributed by atoms with Crippen molar-refractivity contribution in [2.24, 2.45) is 5.92 Å². The van der Waals surface area contributed by atoms with Crippen molar-refractivity contribution in [1.82, 2.24) is 9.55 Å². The molecule has 0 saturated carbocycles. The molecule has 1 aromatic rings. The molecule has 1 saturated heterocycles. The molecular formula is C11H14N2O3S. The van der Waals surface area contributed by atoms with Crippen LogP contribution in [-0.2, 0) is 6.54 Å². The predicted octanol–water partition coefficient (Wildman–Crippen LogP) is 1.08. The van der Waals surface area contributed by atoms with Crippen LogP contribution in [0.1, 0.15) is 23.2 Å². The van der Waals surface area contributed by atoms with Crippen LogP contribution in [0.3, 0.4) is 0 Å². The summed E-state index contributed by atoms with van der Waals surface area (Å²) in [5, 5.41) is 8.84. The van der Waals surface area contributed by atoms with Crippen LogP contribution >= 0.6 is 11.8 Å². The van der Waals surface area contributed by atoms with Gasteiger partial charge in [0.25, 0.3) is 5.56 Å². The SMILES string of the molecule is O=C(O)c1cn(CC2CCSCC2)cnc1=O. The minimum atomic E-state index is -1.21. The first-order valence-electron chi connectivity index (χ1n) is 5.54. The van der Waals surface area contributed by atoms with Crippen LogP contribution in [0.4, 0.5) is 0 Å². The summed E-state index contributed by atoms with van der Waals surface area (Å²) >= 11 is 1.95. The molecule has 1 aliphatic heterocycles. The van der Waals surface area contributed by atoms with Gasteiger partial charge in [-0.2, -0.15) is 16.7 Å². The minimum Gasteiger partial charge on any atom is -0.477 e. The summed E-state index contributed by atoms with van der Waals surface area (Å²) in [5.41, 5.74) is -0.925. The Kier molecular flexibility index (Phi) is 3.83. The van der Waals surface area contributed by atoms with Gasteiger partial charge in [0.15, 0.2) is 0 Å². The second-order valence-electron chi connectivity index (χ2n) is 4.15. The number of carbonyl (C=O) groups is 1. The van der Waals surface area contributed by atoms with E-state index < -0.39 is 11.5 Å². The molecule has 1 fully saturated rings. The molecule has 6 heteroatoms.